The number of hydrogen-bond acceptors (Lipinski definition) is 6. The van der Waals surface area contributed by atoms with Gasteiger partial charge in [-0.2, -0.15) is 0 Å². The maximum atomic E-state index is 12.0. The summed E-state index contributed by atoms with van der Waals surface area (Å²) in [6, 6.07) is 7.98. The molecule has 0 unspecified atom stereocenters. The first-order valence-corrected chi connectivity index (χ1v) is 9.95. The van der Waals surface area contributed by atoms with Crippen LogP contribution in [0.3, 0.4) is 0 Å². The van der Waals surface area contributed by atoms with Gasteiger partial charge in [0.25, 0.3) is 0 Å². The molecule has 7 nitrogen and oxygen atoms in total. The zero-order valence-electron chi connectivity index (χ0n) is 14.3. The van der Waals surface area contributed by atoms with Gasteiger partial charge in [-0.25, -0.2) is 22.7 Å². The zero-order valence-corrected chi connectivity index (χ0v) is 15.9. The van der Waals surface area contributed by atoms with Gasteiger partial charge in [-0.1, -0.05) is 0 Å². The minimum absolute atomic E-state index is 0.138. The van der Waals surface area contributed by atoms with E-state index < -0.39 is 10.0 Å². The van der Waals surface area contributed by atoms with Gasteiger partial charge in [-0.15, -0.1) is 11.8 Å². The minimum Gasteiger partial charge on any atom is -0.326 e. The molecule has 0 aliphatic carbocycles. The molecule has 1 heterocycles. The molecule has 9 heteroatoms. The number of hydrogen-bond donors (Lipinski definition) is 1. The van der Waals surface area contributed by atoms with E-state index in [1.807, 2.05) is 13.0 Å². The van der Waals surface area contributed by atoms with Crippen LogP contribution >= 0.6 is 11.8 Å². The number of aromatic nitrogens is 2. The summed E-state index contributed by atoms with van der Waals surface area (Å²) in [6.45, 7) is 1.89. The first kappa shape index (κ1) is 19.4. The lowest BCUT2D eigenvalue weighted by molar-refractivity contribution is -0.115. The average Bonchev–Trinajstić information content (AvgIpc) is 2.55. The molecule has 0 atom stereocenters. The Bertz CT molecular complexity index is 837. The van der Waals surface area contributed by atoms with Gasteiger partial charge in [0, 0.05) is 37.7 Å². The van der Waals surface area contributed by atoms with Crippen molar-refractivity contribution in [2.45, 2.75) is 23.3 Å². The number of sulfonamides is 1. The van der Waals surface area contributed by atoms with Crippen LogP contribution in [0.25, 0.3) is 0 Å². The molecular formula is C16H20N4O3S2. The highest BCUT2D eigenvalue weighted by atomic mass is 32.2. The monoisotopic (exact) mass is 380 g/mol. The number of thioether (sulfide) groups is 1. The fourth-order valence-electron chi connectivity index (χ4n) is 1.90. The second-order valence-corrected chi connectivity index (χ2v) is 8.72. The number of rotatable bonds is 7. The van der Waals surface area contributed by atoms with Gasteiger partial charge in [0.15, 0.2) is 0 Å². The Hall–Kier alpha value is -1.97. The maximum Gasteiger partial charge on any atom is 0.242 e. The van der Waals surface area contributed by atoms with Gasteiger partial charge in [0.2, 0.25) is 15.9 Å². The van der Waals surface area contributed by atoms with E-state index in [0.717, 1.165) is 15.0 Å². The van der Waals surface area contributed by atoms with Gasteiger partial charge < -0.3 is 5.32 Å². The molecule has 0 aliphatic heterocycles. The highest BCUT2D eigenvalue weighted by Gasteiger charge is 2.16. The molecule has 1 aromatic heterocycles. The highest BCUT2D eigenvalue weighted by molar-refractivity contribution is 7.99. The highest BCUT2D eigenvalue weighted by Crippen LogP contribution is 2.18. The Kier molecular flexibility index (Phi) is 6.51. The number of nitrogens with one attached hydrogen (secondary N) is 1. The summed E-state index contributed by atoms with van der Waals surface area (Å²) in [5.74, 6) is 0.455. The lowest BCUT2D eigenvalue weighted by Gasteiger charge is -2.12. The predicted octanol–water partition coefficient (Wildman–Crippen LogP) is 2.16. The van der Waals surface area contributed by atoms with Crippen LogP contribution in [0.15, 0.2) is 46.6 Å². The van der Waals surface area contributed by atoms with Gasteiger partial charge in [-0.3, -0.25) is 4.79 Å². The fraction of sp³-hybridized carbons (Fsp3) is 0.312. The Morgan fingerprint density at radius 2 is 1.88 bits per heavy atom. The van der Waals surface area contributed by atoms with E-state index >= 15 is 0 Å². The SMILES string of the molecule is Cc1cc(SCCC(=O)Nc2ccc(S(=O)(=O)N(C)C)cc2)ncn1. The summed E-state index contributed by atoms with van der Waals surface area (Å²) >= 11 is 1.49. The first-order chi connectivity index (χ1) is 11.8. The Morgan fingerprint density at radius 3 is 2.48 bits per heavy atom. The molecule has 0 radical (unpaired) electrons. The summed E-state index contributed by atoms with van der Waals surface area (Å²) in [6.07, 6.45) is 1.83. The molecule has 0 saturated carbocycles. The third-order valence-corrected chi connectivity index (χ3v) is 6.03. The average molecular weight is 380 g/mol. The Labute approximate surface area is 151 Å². The van der Waals surface area contributed by atoms with Crippen LogP contribution in [0.5, 0.6) is 0 Å². The lowest BCUT2D eigenvalue weighted by Crippen LogP contribution is -2.22. The molecule has 2 aromatic rings. The first-order valence-electron chi connectivity index (χ1n) is 7.53. The van der Waals surface area contributed by atoms with Gasteiger partial charge in [-0.05, 0) is 37.3 Å². The Morgan fingerprint density at radius 1 is 1.20 bits per heavy atom. The molecule has 0 spiro atoms. The van der Waals surface area contributed by atoms with Crippen LogP contribution in [0.2, 0.25) is 0 Å². The van der Waals surface area contributed by atoms with Crippen LogP contribution in [-0.2, 0) is 14.8 Å². The van der Waals surface area contributed by atoms with Crippen molar-refractivity contribution in [1.82, 2.24) is 14.3 Å². The van der Waals surface area contributed by atoms with E-state index in [1.54, 1.807) is 12.1 Å². The quantitative estimate of drug-likeness (QED) is 0.584. The van der Waals surface area contributed by atoms with E-state index in [1.165, 1.54) is 44.3 Å². The molecule has 2 rings (SSSR count). The zero-order chi connectivity index (χ0) is 18.4. The smallest absolute Gasteiger partial charge is 0.242 e. The van der Waals surface area contributed by atoms with Crippen molar-refractivity contribution in [1.29, 1.82) is 0 Å². The van der Waals surface area contributed by atoms with E-state index in [4.69, 9.17) is 0 Å². The van der Waals surface area contributed by atoms with Gasteiger partial charge in [0.1, 0.15) is 6.33 Å². The van der Waals surface area contributed by atoms with Crippen molar-refractivity contribution in [3.63, 3.8) is 0 Å². The second kappa shape index (κ2) is 8.41. The van der Waals surface area contributed by atoms with Gasteiger partial charge in [0.05, 0.1) is 9.92 Å². The van der Waals surface area contributed by atoms with E-state index in [-0.39, 0.29) is 10.8 Å². The van der Waals surface area contributed by atoms with E-state index in [9.17, 15) is 13.2 Å². The molecule has 0 fully saturated rings. The largest absolute Gasteiger partial charge is 0.326 e. The second-order valence-electron chi connectivity index (χ2n) is 5.46. The summed E-state index contributed by atoms with van der Waals surface area (Å²) < 4.78 is 25.1. The fourth-order valence-corrected chi connectivity index (χ4v) is 3.68. The minimum atomic E-state index is -3.47. The van der Waals surface area contributed by atoms with Crippen LogP contribution < -0.4 is 5.32 Å². The third-order valence-electron chi connectivity index (χ3n) is 3.27. The summed E-state index contributed by atoms with van der Waals surface area (Å²) in [7, 11) is -0.517. The number of carbonyl (C=O) groups excluding carboxylic acids is 1. The number of benzene rings is 1. The van der Waals surface area contributed by atoms with E-state index in [0.29, 0.717) is 17.9 Å². The molecule has 1 aromatic carbocycles. The molecule has 1 N–H and O–H groups in total. The number of nitrogens with zero attached hydrogens (tertiary/aromatic N) is 3. The van der Waals surface area contributed by atoms with Crippen LogP contribution in [0.4, 0.5) is 5.69 Å². The van der Waals surface area contributed by atoms with E-state index in [2.05, 4.69) is 15.3 Å². The summed E-state index contributed by atoms with van der Waals surface area (Å²) in [4.78, 5) is 20.3. The third kappa shape index (κ3) is 5.52. The van der Waals surface area contributed by atoms with Crippen molar-refractivity contribution in [2.24, 2.45) is 0 Å². The summed E-state index contributed by atoms with van der Waals surface area (Å²) in [5.41, 5.74) is 1.44. The molecular weight excluding hydrogens is 360 g/mol. The van der Waals surface area contributed by atoms with Crippen molar-refractivity contribution in [3.05, 3.63) is 42.4 Å². The molecule has 0 bridgehead atoms. The topological polar surface area (TPSA) is 92.3 Å². The standard InChI is InChI=1S/C16H20N4O3S2/c1-12-10-16(18-11-17-12)24-9-8-15(21)19-13-4-6-14(7-5-13)25(22,23)20(2)3/h4-7,10-11H,8-9H2,1-3H3,(H,19,21). The number of carbonyl (C=O) groups is 1. The van der Waals surface area contributed by atoms with Crippen LogP contribution in [0, 0.1) is 6.92 Å². The lowest BCUT2D eigenvalue weighted by atomic mass is 10.3. The van der Waals surface area contributed by atoms with Crippen molar-refractivity contribution < 1.29 is 13.2 Å². The van der Waals surface area contributed by atoms with Crippen molar-refractivity contribution in [2.75, 3.05) is 25.2 Å². The van der Waals surface area contributed by atoms with Crippen molar-refractivity contribution >= 4 is 33.4 Å². The number of aryl methyl sites for hydroxylation is 1. The van der Waals surface area contributed by atoms with Crippen LogP contribution in [0.1, 0.15) is 12.1 Å². The summed E-state index contributed by atoms with van der Waals surface area (Å²) in [5, 5.41) is 3.59. The molecule has 1 amide bonds. The molecule has 134 valence electrons. The Balaban J connectivity index is 1.86. The molecule has 0 saturated heterocycles. The van der Waals surface area contributed by atoms with Gasteiger partial charge >= 0.3 is 0 Å². The van der Waals surface area contributed by atoms with Crippen molar-refractivity contribution in [3.8, 4) is 0 Å². The number of amides is 1. The van der Waals surface area contributed by atoms with Crippen LogP contribution in [-0.4, -0.2) is 48.4 Å². The maximum absolute atomic E-state index is 12.0. The predicted molar refractivity (Wildman–Crippen MR) is 98.1 cm³/mol. The normalized spacial score (nSPS) is 11.5. The molecule has 25 heavy (non-hydrogen) atoms. The number of anilines is 1. The molecule has 0 aliphatic rings.